The van der Waals surface area contributed by atoms with Crippen molar-refractivity contribution in [3.8, 4) is 0 Å². The van der Waals surface area contributed by atoms with E-state index in [9.17, 15) is 4.79 Å². The molecule has 1 aromatic rings. The van der Waals surface area contributed by atoms with E-state index in [0.29, 0.717) is 22.5 Å². The summed E-state index contributed by atoms with van der Waals surface area (Å²) in [6, 6.07) is 0. The molecule has 0 bridgehead atoms. The molecule has 1 fully saturated rings. The van der Waals surface area contributed by atoms with Gasteiger partial charge in [-0.3, -0.25) is 0 Å². The van der Waals surface area contributed by atoms with Crippen LogP contribution in [0.25, 0.3) is 0 Å². The van der Waals surface area contributed by atoms with E-state index in [0.717, 1.165) is 28.5 Å². The Hall–Kier alpha value is -1.14. The Morgan fingerprint density at radius 3 is 2.45 bits per heavy atom. The summed E-state index contributed by atoms with van der Waals surface area (Å²) in [5.74, 6) is 0.957. The van der Waals surface area contributed by atoms with Gasteiger partial charge >= 0.3 is 5.97 Å². The van der Waals surface area contributed by atoms with Crippen molar-refractivity contribution in [1.82, 2.24) is 4.90 Å². The number of carbonyl (C=O) groups is 1. The molecule has 0 spiro atoms. The summed E-state index contributed by atoms with van der Waals surface area (Å²) in [6.45, 7) is 10.4. The number of rotatable bonds is 2. The Morgan fingerprint density at radius 2 is 1.91 bits per heavy atom. The third-order valence-corrected chi connectivity index (χ3v) is 5.63. The molecular weight excluding hydrogens is 316 g/mol. The molecule has 0 aliphatic carbocycles. The van der Waals surface area contributed by atoms with Crippen LogP contribution in [-0.4, -0.2) is 36.2 Å². The first kappa shape index (κ1) is 17.2. The van der Waals surface area contributed by atoms with Gasteiger partial charge in [-0.2, -0.15) is 0 Å². The number of nitrogens with one attached hydrogen (secondary N) is 1. The van der Waals surface area contributed by atoms with Crippen LogP contribution in [0.5, 0.6) is 0 Å². The minimum Gasteiger partial charge on any atom is -0.465 e. The highest BCUT2D eigenvalue weighted by Gasteiger charge is 2.26. The van der Waals surface area contributed by atoms with E-state index in [1.54, 1.807) is 11.3 Å². The van der Waals surface area contributed by atoms with Crippen molar-refractivity contribution in [2.45, 2.75) is 34.1 Å². The predicted molar refractivity (Wildman–Crippen MR) is 95.9 cm³/mol. The average molecular weight is 341 g/mol. The lowest BCUT2D eigenvalue weighted by Crippen LogP contribution is -2.44. The number of nitrogens with zero attached hydrogens (tertiary/aromatic N) is 1. The van der Waals surface area contributed by atoms with E-state index in [1.807, 2.05) is 13.8 Å². The zero-order valence-electron chi connectivity index (χ0n) is 13.9. The van der Waals surface area contributed by atoms with Gasteiger partial charge in [0.05, 0.1) is 12.7 Å². The minimum absolute atomic E-state index is 0.312. The number of carbonyl (C=O) groups excluding carboxylic acids is 1. The number of hydrogen-bond donors (Lipinski definition) is 1. The molecule has 0 radical (unpaired) electrons. The molecule has 0 unspecified atom stereocenters. The first-order chi connectivity index (χ1) is 10.3. The zero-order chi connectivity index (χ0) is 16.4. The second-order valence-corrected chi connectivity index (χ2v) is 7.87. The molecular formula is C16H24N2O2S2. The van der Waals surface area contributed by atoms with E-state index in [2.05, 4.69) is 24.1 Å². The summed E-state index contributed by atoms with van der Waals surface area (Å²) in [5, 5.41) is 4.76. The molecule has 0 saturated carbocycles. The van der Waals surface area contributed by atoms with Crippen LogP contribution in [0.15, 0.2) is 0 Å². The fourth-order valence-electron chi connectivity index (χ4n) is 3.07. The lowest BCUT2D eigenvalue weighted by Gasteiger charge is -2.36. The van der Waals surface area contributed by atoms with Crippen LogP contribution < -0.4 is 5.32 Å². The molecule has 2 heterocycles. The standard InChI is InChI=1S/C16H24N2O2S2/c1-9-6-10(2)8-18(7-9)16(21)17-14-13(15(19)20-5)11(3)12(4)22-14/h9-10H,6-8H2,1-5H3,(H,17,21)/t9-,10+. The molecule has 1 N–H and O–H groups in total. The number of hydrogen-bond acceptors (Lipinski definition) is 4. The van der Waals surface area contributed by atoms with Crippen molar-refractivity contribution in [1.29, 1.82) is 0 Å². The molecule has 22 heavy (non-hydrogen) atoms. The molecule has 2 atom stereocenters. The third kappa shape index (κ3) is 3.60. The Morgan fingerprint density at radius 1 is 1.32 bits per heavy atom. The van der Waals surface area contributed by atoms with Gasteiger partial charge in [-0.05, 0) is 49.9 Å². The predicted octanol–water partition coefficient (Wildman–Crippen LogP) is 3.83. The smallest absolute Gasteiger partial charge is 0.341 e. The molecule has 1 saturated heterocycles. The number of methoxy groups -OCH3 is 1. The maximum Gasteiger partial charge on any atom is 0.341 e. The van der Waals surface area contributed by atoms with Crippen LogP contribution >= 0.6 is 23.6 Å². The van der Waals surface area contributed by atoms with E-state index in [-0.39, 0.29) is 5.97 Å². The van der Waals surface area contributed by atoms with Crippen molar-refractivity contribution in [3.05, 3.63) is 16.0 Å². The SMILES string of the molecule is COC(=O)c1c(NC(=S)N2C[C@H](C)C[C@H](C)C2)sc(C)c1C. The minimum atomic E-state index is -0.312. The van der Waals surface area contributed by atoms with E-state index in [1.165, 1.54) is 13.5 Å². The number of esters is 1. The van der Waals surface area contributed by atoms with Crippen LogP contribution in [0, 0.1) is 25.7 Å². The van der Waals surface area contributed by atoms with Crippen molar-refractivity contribution >= 4 is 39.6 Å². The van der Waals surface area contributed by atoms with Gasteiger partial charge < -0.3 is 15.0 Å². The van der Waals surface area contributed by atoms with Crippen molar-refractivity contribution in [3.63, 3.8) is 0 Å². The summed E-state index contributed by atoms with van der Waals surface area (Å²) in [5.41, 5.74) is 1.56. The molecule has 0 aromatic carbocycles. The van der Waals surface area contributed by atoms with Crippen molar-refractivity contribution in [2.24, 2.45) is 11.8 Å². The number of anilines is 1. The molecule has 0 amide bonds. The Balaban J connectivity index is 2.18. The van der Waals surface area contributed by atoms with Gasteiger partial charge in [-0.25, -0.2) is 4.79 Å². The fraction of sp³-hybridized carbons (Fsp3) is 0.625. The lowest BCUT2D eigenvalue weighted by molar-refractivity contribution is 0.0601. The monoisotopic (exact) mass is 340 g/mol. The molecule has 1 aromatic heterocycles. The summed E-state index contributed by atoms with van der Waals surface area (Å²) in [6.07, 6.45) is 1.24. The number of likely N-dealkylation sites (tertiary alicyclic amines) is 1. The molecule has 122 valence electrons. The Bertz CT molecular complexity index is 573. The molecule has 1 aliphatic heterocycles. The highest BCUT2D eigenvalue weighted by Crippen LogP contribution is 2.33. The summed E-state index contributed by atoms with van der Waals surface area (Å²) in [4.78, 5) is 15.3. The van der Waals surface area contributed by atoms with Crippen LogP contribution in [0.3, 0.4) is 0 Å². The maximum atomic E-state index is 12.0. The van der Waals surface area contributed by atoms with Gasteiger partial charge in [0.1, 0.15) is 5.00 Å². The first-order valence-corrected chi connectivity index (χ1v) is 8.80. The fourth-order valence-corrected chi connectivity index (χ4v) is 4.43. The topological polar surface area (TPSA) is 41.6 Å². The number of aryl methyl sites for hydroxylation is 1. The molecule has 6 heteroatoms. The van der Waals surface area contributed by atoms with Crippen molar-refractivity contribution in [2.75, 3.05) is 25.5 Å². The third-order valence-electron chi connectivity index (χ3n) is 4.15. The number of ether oxygens (including phenoxy) is 1. The summed E-state index contributed by atoms with van der Waals surface area (Å²) in [7, 11) is 1.41. The number of piperidine rings is 1. The highest BCUT2D eigenvalue weighted by molar-refractivity contribution is 7.80. The normalized spacial score (nSPS) is 21.6. The summed E-state index contributed by atoms with van der Waals surface area (Å²) >= 11 is 7.12. The Labute approximate surface area is 141 Å². The van der Waals surface area contributed by atoms with Gasteiger partial charge in [-0.1, -0.05) is 13.8 Å². The van der Waals surface area contributed by atoms with Crippen molar-refractivity contribution < 1.29 is 9.53 Å². The van der Waals surface area contributed by atoms with Gasteiger partial charge in [0, 0.05) is 18.0 Å². The summed E-state index contributed by atoms with van der Waals surface area (Å²) < 4.78 is 4.90. The highest BCUT2D eigenvalue weighted by atomic mass is 32.1. The second kappa shape index (κ2) is 6.96. The Kier molecular flexibility index (Phi) is 5.45. The van der Waals surface area contributed by atoms with E-state index in [4.69, 9.17) is 17.0 Å². The second-order valence-electron chi connectivity index (χ2n) is 6.26. The van der Waals surface area contributed by atoms with Crippen LogP contribution in [0.1, 0.15) is 41.1 Å². The number of thiophene rings is 1. The van der Waals surface area contributed by atoms with Crippen LogP contribution in [0.4, 0.5) is 5.00 Å². The maximum absolute atomic E-state index is 12.0. The number of thiocarbonyl (C=S) groups is 1. The molecule has 1 aliphatic rings. The largest absolute Gasteiger partial charge is 0.465 e. The van der Waals surface area contributed by atoms with Gasteiger partial charge in [0.15, 0.2) is 5.11 Å². The van der Waals surface area contributed by atoms with E-state index >= 15 is 0 Å². The van der Waals surface area contributed by atoms with Crippen LogP contribution in [-0.2, 0) is 4.74 Å². The first-order valence-electron chi connectivity index (χ1n) is 7.57. The lowest BCUT2D eigenvalue weighted by atomic mass is 9.92. The van der Waals surface area contributed by atoms with E-state index < -0.39 is 0 Å². The van der Waals surface area contributed by atoms with Gasteiger partial charge in [0.25, 0.3) is 0 Å². The average Bonchev–Trinajstić information content (AvgIpc) is 2.72. The molecule has 4 nitrogen and oxygen atoms in total. The van der Waals surface area contributed by atoms with Gasteiger partial charge in [0.2, 0.25) is 0 Å². The quantitative estimate of drug-likeness (QED) is 0.655. The zero-order valence-corrected chi connectivity index (χ0v) is 15.5. The van der Waals surface area contributed by atoms with Crippen LogP contribution in [0.2, 0.25) is 0 Å². The van der Waals surface area contributed by atoms with Gasteiger partial charge in [-0.15, -0.1) is 11.3 Å². The molecule has 2 rings (SSSR count).